The molecule has 8 nitrogen and oxygen atoms in total. The second-order valence-electron chi connectivity index (χ2n) is 5.73. The van der Waals surface area contributed by atoms with Crippen molar-refractivity contribution < 1.29 is 14.1 Å². The van der Waals surface area contributed by atoms with Gasteiger partial charge in [0.15, 0.2) is 0 Å². The number of hydrogen-bond donors (Lipinski definition) is 1. The molecular weight excluding hydrogens is 336 g/mol. The van der Waals surface area contributed by atoms with Crippen LogP contribution in [0, 0.1) is 6.92 Å². The van der Waals surface area contributed by atoms with Crippen LogP contribution in [0.1, 0.15) is 18.7 Å². The van der Waals surface area contributed by atoms with Crippen molar-refractivity contribution in [2.75, 3.05) is 12.4 Å². The van der Waals surface area contributed by atoms with E-state index >= 15 is 0 Å². The maximum Gasteiger partial charge on any atom is 0.267 e. The molecule has 1 aromatic carbocycles. The fraction of sp³-hybridized carbons (Fsp3) is 0.222. The lowest BCUT2D eigenvalue weighted by molar-refractivity contribution is -0.119. The lowest BCUT2D eigenvalue weighted by Crippen LogP contribution is -2.33. The first-order valence-corrected chi connectivity index (χ1v) is 7.96. The highest BCUT2D eigenvalue weighted by Crippen LogP contribution is 2.20. The van der Waals surface area contributed by atoms with Crippen LogP contribution < -0.4 is 15.6 Å². The molecule has 0 bridgehead atoms. The number of aromatic nitrogens is 3. The summed E-state index contributed by atoms with van der Waals surface area (Å²) in [5.41, 5.74) is 1.64. The molecule has 0 fully saturated rings. The molecule has 1 N–H and O–H groups in total. The summed E-state index contributed by atoms with van der Waals surface area (Å²) in [7, 11) is 1.59. The van der Waals surface area contributed by atoms with Crippen molar-refractivity contribution in [3.05, 3.63) is 58.5 Å². The predicted octanol–water partition coefficient (Wildman–Crippen LogP) is 2.42. The fourth-order valence-corrected chi connectivity index (χ4v) is 2.38. The second-order valence-corrected chi connectivity index (χ2v) is 5.73. The Bertz CT molecular complexity index is 975. The highest BCUT2D eigenvalue weighted by molar-refractivity contribution is 5.92. The van der Waals surface area contributed by atoms with Gasteiger partial charge in [0.1, 0.15) is 11.8 Å². The minimum Gasteiger partial charge on any atom is -0.497 e. The zero-order valence-corrected chi connectivity index (χ0v) is 14.6. The Balaban J connectivity index is 1.86. The second kappa shape index (κ2) is 7.22. The van der Waals surface area contributed by atoms with Crippen LogP contribution in [0.2, 0.25) is 0 Å². The quantitative estimate of drug-likeness (QED) is 0.755. The largest absolute Gasteiger partial charge is 0.497 e. The Morgan fingerprint density at radius 3 is 2.58 bits per heavy atom. The molecule has 0 spiro atoms. The normalized spacial score (nSPS) is 11.8. The number of methoxy groups -OCH3 is 1. The fourth-order valence-electron chi connectivity index (χ4n) is 2.38. The third-order valence-electron chi connectivity index (χ3n) is 3.83. The molecule has 0 aliphatic heterocycles. The van der Waals surface area contributed by atoms with Crippen molar-refractivity contribution >= 4 is 11.8 Å². The lowest BCUT2D eigenvalue weighted by atomic mass is 10.1. The number of amides is 1. The summed E-state index contributed by atoms with van der Waals surface area (Å²) >= 11 is 0. The summed E-state index contributed by atoms with van der Waals surface area (Å²) in [5.74, 6) is 0.513. The van der Waals surface area contributed by atoms with E-state index in [0.717, 1.165) is 16.0 Å². The molecule has 26 heavy (non-hydrogen) atoms. The van der Waals surface area contributed by atoms with Crippen molar-refractivity contribution in [1.29, 1.82) is 0 Å². The summed E-state index contributed by atoms with van der Waals surface area (Å²) in [6, 6.07) is 11.0. The zero-order chi connectivity index (χ0) is 18.7. The molecule has 3 rings (SSSR count). The van der Waals surface area contributed by atoms with Gasteiger partial charge in [-0.1, -0.05) is 5.16 Å². The summed E-state index contributed by atoms with van der Waals surface area (Å²) in [6.07, 6.45) is 0. The highest BCUT2D eigenvalue weighted by atomic mass is 16.5. The number of benzene rings is 1. The molecule has 2 aromatic heterocycles. The van der Waals surface area contributed by atoms with E-state index in [1.54, 1.807) is 45.2 Å². The first kappa shape index (κ1) is 17.4. The Labute approximate surface area is 149 Å². The van der Waals surface area contributed by atoms with Crippen LogP contribution in [0.25, 0.3) is 11.3 Å². The van der Waals surface area contributed by atoms with Crippen molar-refractivity contribution in [3.8, 4) is 17.0 Å². The molecule has 0 saturated heterocycles. The number of hydrogen-bond acceptors (Lipinski definition) is 6. The average Bonchev–Trinajstić information content (AvgIpc) is 3.06. The number of anilines is 1. The molecular formula is C18H18N4O4. The average molecular weight is 354 g/mol. The Kier molecular flexibility index (Phi) is 4.83. The van der Waals surface area contributed by atoms with Gasteiger partial charge in [-0.2, -0.15) is 5.10 Å². The summed E-state index contributed by atoms with van der Waals surface area (Å²) < 4.78 is 11.2. The molecule has 1 amide bonds. The van der Waals surface area contributed by atoms with Crippen LogP contribution >= 0.6 is 0 Å². The molecule has 0 unspecified atom stereocenters. The molecule has 1 atom stereocenters. The number of carbonyl (C=O) groups is 1. The van der Waals surface area contributed by atoms with E-state index in [4.69, 9.17) is 9.26 Å². The van der Waals surface area contributed by atoms with Gasteiger partial charge in [-0.15, -0.1) is 0 Å². The van der Waals surface area contributed by atoms with Gasteiger partial charge in [-0.25, -0.2) is 4.68 Å². The Morgan fingerprint density at radius 1 is 1.23 bits per heavy atom. The molecule has 0 saturated carbocycles. The minimum atomic E-state index is -0.828. The molecule has 134 valence electrons. The molecule has 2 heterocycles. The summed E-state index contributed by atoms with van der Waals surface area (Å²) in [5, 5.41) is 10.6. The van der Waals surface area contributed by atoms with E-state index in [-0.39, 0.29) is 11.4 Å². The van der Waals surface area contributed by atoms with Crippen LogP contribution in [0.4, 0.5) is 5.88 Å². The van der Waals surface area contributed by atoms with E-state index in [1.165, 1.54) is 6.07 Å². The van der Waals surface area contributed by atoms with Crippen LogP contribution in [-0.2, 0) is 4.79 Å². The van der Waals surface area contributed by atoms with Gasteiger partial charge in [-0.05, 0) is 44.2 Å². The van der Waals surface area contributed by atoms with E-state index in [9.17, 15) is 9.59 Å². The van der Waals surface area contributed by atoms with Crippen molar-refractivity contribution in [3.63, 3.8) is 0 Å². The Hall–Kier alpha value is -3.42. The number of carbonyl (C=O) groups excluding carboxylic acids is 1. The number of nitrogens with one attached hydrogen (secondary N) is 1. The van der Waals surface area contributed by atoms with Crippen LogP contribution in [0.5, 0.6) is 5.75 Å². The van der Waals surface area contributed by atoms with E-state index in [2.05, 4.69) is 15.6 Å². The molecule has 0 radical (unpaired) electrons. The highest BCUT2D eigenvalue weighted by Gasteiger charge is 2.19. The van der Waals surface area contributed by atoms with E-state index in [1.807, 2.05) is 12.1 Å². The van der Waals surface area contributed by atoms with Crippen LogP contribution in [-0.4, -0.2) is 28.0 Å². The maximum absolute atomic E-state index is 12.4. The van der Waals surface area contributed by atoms with Gasteiger partial charge >= 0.3 is 0 Å². The molecule has 0 aliphatic rings. The SMILES string of the molecule is COc1ccc(-c2ccc(=O)n([C@@H](C)C(=O)Nc3cc(C)no3)n2)cc1. The van der Waals surface area contributed by atoms with Gasteiger partial charge < -0.3 is 9.26 Å². The van der Waals surface area contributed by atoms with E-state index in [0.29, 0.717) is 11.4 Å². The van der Waals surface area contributed by atoms with Crippen LogP contribution in [0.15, 0.2) is 51.8 Å². The van der Waals surface area contributed by atoms with E-state index < -0.39 is 11.9 Å². The summed E-state index contributed by atoms with van der Waals surface area (Å²) in [4.78, 5) is 24.6. The standard InChI is InChI=1S/C18H18N4O4/c1-11-10-16(26-21-11)19-18(24)12(2)22-17(23)9-8-15(20-22)13-4-6-14(25-3)7-5-13/h4-10,12H,1-3H3,(H,19,24)/t12-/m0/s1. The maximum atomic E-state index is 12.4. The third-order valence-corrected chi connectivity index (χ3v) is 3.83. The first-order valence-electron chi connectivity index (χ1n) is 7.96. The van der Waals surface area contributed by atoms with Gasteiger partial charge in [0.25, 0.3) is 11.5 Å². The lowest BCUT2D eigenvalue weighted by Gasteiger charge is -2.14. The van der Waals surface area contributed by atoms with Crippen LogP contribution in [0.3, 0.4) is 0 Å². The predicted molar refractivity (Wildman–Crippen MR) is 95.1 cm³/mol. The van der Waals surface area contributed by atoms with Gasteiger partial charge in [-0.3, -0.25) is 14.9 Å². The number of aryl methyl sites for hydroxylation is 1. The van der Waals surface area contributed by atoms with Gasteiger partial charge in [0.2, 0.25) is 5.88 Å². The van der Waals surface area contributed by atoms with Crippen molar-refractivity contribution in [1.82, 2.24) is 14.9 Å². The topological polar surface area (TPSA) is 99.2 Å². The number of rotatable bonds is 5. The van der Waals surface area contributed by atoms with Crippen molar-refractivity contribution in [2.45, 2.75) is 19.9 Å². The molecule has 0 aliphatic carbocycles. The summed E-state index contributed by atoms with van der Waals surface area (Å²) in [6.45, 7) is 3.33. The van der Waals surface area contributed by atoms with Crippen molar-refractivity contribution in [2.24, 2.45) is 0 Å². The number of ether oxygens (including phenoxy) is 1. The molecule has 3 aromatic rings. The number of nitrogens with zero attached hydrogens (tertiary/aromatic N) is 3. The monoisotopic (exact) mass is 354 g/mol. The zero-order valence-electron chi connectivity index (χ0n) is 14.6. The van der Waals surface area contributed by atoms with Gasteiger partial charge in [0.05, 0.1) is 18.5 Å². The molecule has 8 heteroatoms. The minimum absolute atomic E-state index is 0.221. The third kappa shape index (κ3) is 3.64. The first-order chi connectivity index (χ1) is 12.5. The Morgan fingerprint density at radius 2 is 1.96 bits per heavy atom. The smallest absolute Gasteiger partial charge is 0.267 e. The van der Waals surface area contributed by atoms with Gasteiger partial charge in [0, 0.05) is 17.7 Å².